The van der Waals surface area contributed by atoms with E-state index in [9.17, 15) is 14.9 Å². The Kier molecular flexibility index (Phi) is 3.60. The summed E-state index contributed by atoms with van der Waals surface area (Å²) in [5, 5.41) is 12.7. The summed E-state index contributed by atoms with van der Waals surface area (Å²) in [5.41, 5.74) is 6.37. The zero-order valence-corrected chi connectivity index (χ0v) is 16.8. The number of ketones is 1. The predicted molar refractivity (Wildman–Crippen MR) is 102 cm³/mol. The molecule has 7 heteroatoms. The molecule has 1 amide bonds. The highest BCUT2D eigenvalue weighted by Gasteiger charge is 2.61. The van der Waals surface area contributed by atoms with Crippen LogP contribution < -0.4 is 11.1 Å². The van der Waals surface area contributed by atoms with Crippen molar-refractivity contribution in [3.63, 3.8) is 0 Å². The molecule has 0 fully saturated rings. The third-order valence-electron chi connectivity index (χ3n) is 5.48. The molecule has 2 heterocycles. The summed E-state index contributed by atoms with van der Waals surface area (Å²) in [6, 6.07) is 5.68. The molecule has 0 saturated heterocycles. The van der Waals surface area contributed by atoms with Crippen molar-refractivity contribution in [3.05, 3.63) is 50.5 Å². The first-order chi connectivity index (χ1) is 12.6. The Labute approximate surface area is 165 Å². The average Bonchev–Trinajstić information content (AvgIpc) is 2.83. The van der Waals surface area contributed by atoms with Crippen molar-refractivity contribution in [2.24, 2.45) is 11.1 Å². The van der Waals surface area contributed by atoms with Crippen molar-refractivity contribution in [3.8, 4) is 6.07 Å². The number of allylic oxidation sites excluding steroid dienone is 1. The number of halogens is 1. The first kappa shape index (κ1) is 17.8. The second kappa shape index (κ2) is 5.46. The highest BCUT2D eigenvalue weighted by atomic mass is 79.9. The number of nitrogens with zero attached hydrogens (tertiary/aromatic N) is 1. The van der Waals surface area contributed by atoms with E-state index in [-0.39, 0.29) is 34.6 Å². The van der Waals surface area contributed by atoms with Crippen molar-refractivity contribution in [2.75, 3.05) is 5.32 Å². The van der Waals surface area contributed by atoms with E-state index in [1.165, 1.54) is 0 Å². The molecular weight excluding hydrogens is 410 g/mol. The van der Waals surface area contributed by atoms with Crippen LogP contribution in [0.4, 0.5) is 5.69 Å². The third kappa shape index (κ3) is 2.16. The number of aryl methyl sites for hydroxylation is 1. The number of carbonyl (C=O) groups excluding carboxylic acids is 2. The maximum Gasteiger partial charge on any atom is 0.245 e. The Morgan fingerprint density at radius 2 is 2.00 bits per heavy atom. The van der Waals surface area contributed by atoms with Crippen molar-refractivity contribution in [1.29, 1.82) is 5.26 Å². The minimum absolute atomic E-state index is 0.0446. The van der Waals surface area contributed by atoms with Crippen LogP contribution in [-0.4, -0.2) is 11.7 Å². The van der Waals surface area contributed by atoms with Gasteiger partial charge in [0.1, 0.15) is 22.8 Å². The van der Waals surface area contributed by atoms with Gasteiger partial charge in [-0.3, -0.25) is 9.59 Å². The molecule has 138 valence electrons. The Morgan fingerprint density at radius 1 is 1.30 bits per heavy atom. The van der Waals surface area contributed by atoms with Crippen molar-refractivity contribution < 1.29 is 14.3 Å². The van der Waals surface area contributed by atoms with Crippen LogP contribution in [0.5, 0.6) is 0 Å². The van der Waals surface area contributed by atoms with Gasteiger partial charge in [-0.2, -0.15) is 5.26 Å². The fourth-order valence-corrected chi connectivity index (χ4v) is 5.00. The fourth-order valence-electron chi connectivity index (χ4n) is 4.36. The number of benzene rings is 1. The number of Topliss-reactive ketones (excluding diaryl/α,β-unsaturated/α-hetero) is 1. The van der Waals surface area contributed by atoms with Gasteiger partial charge in [-0.25, -0.2) is 0 Å². The van der Waals surface area contributed by atoms with Crippen LogP contribution in [-0.2, 0) is 19.7 Å². The van der Waals surface area contributed by atoms with Crippen LogP contribution in [0.3, 0.4) is 0 Å². The summed E-state index contributed by atoms with van der Waals surface area (Å²) >= 11 is 3.57. The normalized spacial score (nSPS) is 25.7. The van der Waals surface area contributed by atoms with Crippen LogP contribution in [0.1, 0.15) is 37.8 Å². The summed E-state index contributed by atoms with van der Waals surface area (Å²) in [4.78, 5) is 26.6. The van der Waals surface area contributed by atoms with E-state index in [4.69, 9.17) is 10.5 Å². The van der Waals surface area contributed by atoms with E-state index in [2.05, 4.69) is 21.2 Å². The summed E-state index contributed by atoms with van der Waals surface area (Å²) in [6.07, 6.45) is 0.725. The van der Waals surface area contributed by atoms with Crippen LogP contribution in [0, 0.1) is 23.7 Å². The minimum atomic E-state index is -1.58. The van der Waals surface area contributed by atoms with E-state index in [0.29, 0.717) is 27.9 Å². The van der Waals surface area contributed by atoms with Gasteiger partial charge >= 0.3 is 0 Å². The smallest absolute Gasteiger partial charge is 0.245 e. The maximum atomic E-state index is 13.3. The number of nitrogens with one attached hydrogen (secondary N) is 1. The highest BCUT2D eigenvalue weighted by Crippen LogP contribution is 2.57. The van der Waals surface area contributed by atoms with Gasteiger partial charge in [-0.15, -0.1) is 0 Å². The lowest BCUT2D eigenvalue weighted by atomic mass is 9.62. The van der Waals surface area contributed by atoms with Crippen LogP contribution in [0.2, 0.25) is 0 Å². The lowest BCUT2D eigenvalue weighted by Crippen LogP contribution is -2.48. The van der Waals surface area contributed by atoms with E-state index in [0.717, 1.165) is 5.56 Å². The zero-order chi connectivity index (χ0) is 19.7. The van der Waals surface area contributed by atoms with E-state index in [1.807, 2.05) is 32.9 Å². The van der Waals surface area contributed by atoms with Gasteiger partial charge in [0.05, 0.1) is 5.57 Å². The Bertz CT molecular complexity index is 1050. The maximum absolute atomic E-state index is 13.3. The van der Waals surface area contributed by atoms with Gasteiger partial charge in [-0.05, 0) is 24.0 Å². The number of anilines is 1. The molecule has 27 heavy (non-hydrogen) atoms. The topological polar surface area (TPSA) is 105 Å². The molecule has 1 unspecified atom stereocenters. The molecule has 1 aromatic carbocycles. The zero-order valence-electron chi connectivity index (χ0n) is 15.2. The molecule has 1 atom stereocenters. The molecule has 4 rings (SSSR count). The number of nitriles is 1. The Morgan fingerprint density at radius 3 is 2.67 bits per heavy atom. The predicted octanol–water partition coefficient (Wildman–Crippen LogP) is 3.31. The summed E-state index contributed by atoms with van der Waals surface area (Å²) in [5.74, 6) is -0.396. The minimum Gasteiger partial charge on any atom is -0.444 e. The van der Waals surface area contributed by atoms with Gasteiger partial charge in [-0.1, -0.05) is 35.8 Å². The van der Waals surface area contributed by atoms with Crippen LogP contribution in [0.15, 0.2) is 39.4 Å². The number of hydrogen-bond donors (Lipinski definition) is 2. The van der Waals surface area contributed by atoms with Gasteiger partial charge < -0.3 is 15.8 Å². The molecule has 0 saturated carbocycles. The summed E-state index contributed by atoms with van der Waals surface area (Å²) in [6.45, 7) is 5.82. The SMILES string of the molecule is Cc1ccc2c(c1Br)C1(C(=O)N2)C(C#N)=C(N)OC2=C1C(=O)CC(C)(C)C2. The number of fused-ring (bicyclic) bond motifs is 3. The fraction of sp³-hybridized carbons (Fsp3) is 0.350. The third-order valence-corrected chi connectivity index (χ3v) is 6.50. The van der Waals surface area contributed by atoms with Gasteiger partial charge in [0, 0.05) is 28.6 Å². The molecule has 6 nitrogen and oxygen atoms in total. The molecular formula is C20H18BrN3O3. The Hall–Kier alpha value is -2.59. The molecule has 3 N–H and O–H groups in total. The second-order valence-corrected chi connectivity index (χ2v) is 8.81. The average molecular weight is 428 g/mol. The number of ether oxygens (including phenoxy) is 1. The van der Waals surface area contributed by atoms with Crippen molar-refractivity contribution >= 4 is 33.3 Å². The highest BCUT2D eigenvalue weighted by molar-refractivity contribution is 9.10. The number of hydrogen-bond acceptors (Lipinski definition) is 5. The van der Waals surface area contributed by atoms with Crippen LogP contribution >= 0.6 is 15.9 Å². The first-order valence-electron chi connectivity index (χ1n) is 8.59. The van der Waals surface area contributed by atoms with Gasteiger partial charge in [0.15, 0.2) is 5.78 Å². The van der Waals surface area contributed by atoms with Crippen molar-refractivity contribution in [2.45, 2.75) is 39.0 Å². The molecule has 0 aromatic heterocycles. The largest absolute Gasteiger partial charge is 0.444 e. The molecule has 1 spiro atoms. The van der Waals surface area contributed by atoms with Gasteiger partial charge in [0.25, 0.3) is 0 Å². The molecule has 1 aromatic rings. The standard InChI is InChI=1S/C20H18BrN3O3/c1-9-4-5-11-14(16(9)21)20(18(26)24-11)10(8-22)17(23)27-13-7-19(2,3)6-12(25)15(13)20/h4-5H,6-7,23H2,1-3H3,(H,24,26). The van der Waals surface area contributed by atoms with Gasteiger partial charge in [0.2, 0.25) is 11.8 Å². The Balaban J connectivity index is 2.14. The quantitative estimate of drug-likeness (QED) is 0.660. The van der Waals surface area contributed by atoms with E-state index in [1.54, 1.807) is 6.07 Å². The van der Waals surface area contributed by atoms with E-state index < -0.39 is 11.3 Å². The lowest BCUT2D eigenvalue weighted by Gasteiger charge is -2.41. The van der Waals surface area contributed by atoms with Crippen LogP contribution in [0.25, 0.3) is 0 Å². The van der Waals surface area contributed by atoms with E-state index >= 15 is 0 Å². The molecule has 1 aliphatic carbocycles. The molecule has 0 radical (unpaired) electrons. The summed E-state index contributed by atoms with van der Waals surface area (Å²) in [7, 11) is 0. The number of rotatable bonds is 0. The number of nitrogens with two attached hydrogens (primary N) is 1. The van der Waals surface area contributed by atoms with Crippen molar-refractivity contribution in [1.82, 2.24) is 0 Å². The first-order valence-corrected chi connectivity index (χ1v) is 9.39. The summed E-state index contributed by atoms with van der Waals surface area (Å²) < 4.78 is 6.39. The molecule has 3 aliphatic rings. The lowest BCUT2D eigenvalue weighted by molar-refractivity contribution is -0.124. The monoisotopic (exact) mass is 427 g/mol. The number of amides is 1. The number of carbonyl (C=O) groups is 2. The molecule has 0 bridgehead atoms. The second-order valence-electron chi connectivity index (χ2n) is 8.02. The molecule has 2 aliphatic heterocycles.